The minimum absolute atomic E-state index is 0.473. The lowest BCUT2D eigenvalue weighted by Crippen LogP contribution is -1.95. The summed E-state index contributed by atoms with van der Waals surface area (Å²) in [5.74, 6) is 1.72. The van der Waals surface area contributed by atoms with Gasteiger partial charge in [-0.3, -0.25) is 4.79 Å². The molecule has 0 fully saturated rings. The van der Waals surface area contributed by atoms with Crippen molar-refractivity contribution in [3.63, 3.8) is 0 Å². The van der Waals surface area contributed by atoms with Gasteiger partial charge in [0.2, 0.25) is 0 Å². The molecule has 1 aromatic carbocycles. The highest BCUT2D eigenvalue weighted by atomic mass is 16.5. The Bertz CT molecular complexity index is 574. The van der Waals surface area contributed by atoms with Gasteiger partial charge in [-0.2, -0.15) is 0 Å². The molecule has 0 aliphatic heterocycles. The highest BCUT2D eigenvalue weighted by molar-refractivity contribution is 5.88. The van der Waals surface area contributed by atoms with E-state index < -0.39 is 0 Å². The normalized spacial score (nSPS) is 10.2. The van der Waals surface area contributed by atoms with Gasteiger partial charge in [0.1, 0.15) is 11.5 Å². The number of methoxy groups -OCH3 is 2. The number of ether oxygens (including phenoxy) is 2. The van der Waals surface area contributed by atoms with Crippen LogP contribution in [-0.4, -0.2) is 25.7 Å². The maximum atomic E-state index is 11.1. The number of aryl methyl sites for hydroxylation is 1. The summed E-state index contributed by atoms with van der Waals surface area (Å²) in [6.45, 7) is 1.79. The van der Waals surface area contributed by atoms with Crippen LogP contribution in [0.15, 0.2) is 22.7 Å². The van der Waals surface area contributed by atoms with Gasteiger partial charge in [0, 0.05) is 17.2 Å². The molecule has 0 saturated heterocycles. The van der Waals surface area contributed by atoms with Gasteiger partial charge < -0.3 is 14.0 Å². The number of nitrogens with zero attached hydrogens (tertiary/aromatic N) is 1. The first-order chi connectivity index (χ1) is 8.69. The van der Waals surface area contributed by atoms with Crippen molar-refractivity contribution in [3.05, 3.63) is 29.5 Å². The third kappa shape index (κ3) is 2.07. The van der Waals surface area contributed by atoms with Crippen LogP contribution in [0, 0.1) is 6.92 Å². The van der Waals surface area contributed by atoms with Crippen LogP contribution < -0.4 is 9.47 Å². The number of rotatable bonds is 4. The second-order valence-corrected chi connectivity index (χ2v) is 3.74. The smallest absolute Gasteiger partial charge is 0.161 e. The van der Waals surface area contributed by atoms with Crippen LogP contribution in [0.2, 0.25) is 0 Å². The van der Waals surface area contributed by atoms with Crippen molar-refractivity contribution in [2.24, 2.45) is 0 Å². The second kappa shape index (κ2) is 4.91. The summed E-state index contributed by atoms with van der Waals surface area (Å²) in [5.41, 5.74) is 1.72. The molecule has 94 valence electrons. The van der Waals surface area contributed by atoms with E-state index in [1.54, 1.807) is 25.1 Å². The van der Waals surface area contributed by atoms with Crippen molar-refractivity contribution in [2.75, 3.05) is 14.2 Å². The lowest BCUT2D eigenvalue weighted by molar-refractivity contribution is 0.112. The summed E-state index contributed by atoms with van der Waals surface area (Å²) in [7, 11) is 3.06. The molecule has 0 aliphatic rings. The quantitative estimate of drug-likeness (QED) is 0.777. The monoisotopic (exact) mass is 247 g/mol. The SMILES string of the molecule is COc1cc(C=O)c(-c2cc(C)on2)cc1OC. The van der Waals surface area contributed by atoms with Crippen molar-refractivity contribution in [1.29, 1.82) is 0 Å². The molecule has 0 unspecified atom stereocenters. The number of carbonyl (C=O) groups excluding carboxylic acids is 1. The van der Waals surface area contributed by atoms with E-state index in [0.717, 1.165) is 6.29 Å². The molecule has 0 spiro atoms. The molecule has 2 aromatic rings. The molecule has 0 amide bonds. The molecule has 0 atom stereocenters. The molecule has 0 radical (unpaired) electrons. The molecule has 1 aromatic heterocycles. The van der Waals surface area contributed by atoms with Crippen LogP contribution in [0.3, 0.4) is 0 Å². The van der Waals surface area contributed by atoms with E-state index in [4.69, 9.17) is 14.0 Å². The van der Waals surface area contributed by atoms with E-state index >= 15 is 0 Å². The van der Waals surface area contributed by atoms with Crippen LogP contribution in [-0.2, 0) is 0 Å². The standard InChI is InChI=1S/C13H13NO4/c1-8-4-11(14-18-8)10-6-13(17-3)12(16-2)5-9(10)7-15/h4-7H,1-3H3. The van der Waals surface area contributed by atoms with Gasteiger partial charge in [-0.05, 0) is 19.1 Å². The van der Waals surface area contributed by atoms with Gasteiger partial charge in [0.05, 0.1) is 14.2 Å². The highest BCUT2D eigenvalue weighted by Gasteiger charge is 2.14. The summed E-state index contributed by atoms with van der Waals surface area (Å²) < 4.78 is 15.4. The van der Waals surface area contributed by atoms with Crippen molar-refractivity contribution >= 4 is 6.29 Å². The Morgan fingerprint density at radius 1 is 1.17 bits per heavy atom. The number of carbonyl (C=O) groups is 1. The minimum atomic E-state index is 0.473. The number of hydrogen-bond acceptors (Lipinski definition) is 5. The zero-order valence-corrected chi connectivity index (χ0v) is 10.4. The van der Waals surface area contributed by atoms with E-state index in [2.05, 4.69) is 5.16 Å². The number of aldehydes is 1. The Labute approximate surface area is 104 Å². The van der Waals surface area contributed by atoms with Crippen molar-refractivity contribution in [1.82, 2.24) is 5.16 Å². The van der Waals surface area contributed by atoms with Crippen molar-refractivity contribution in [3.8, 4) is 22.8 Å². The van der Waals surface area contributed by atoms with Crippen LogP contribution in [0.5, 0.6) is 11.5 Å². The van der Waals surface area contributed by atoms with E-state index in [-0.39, 0.29) is 0 Å². The Kier molecular flexibility index (Phi) is 3.32. The average Bonchev–Trinajstić information content (AvgIpc) is 2.83. The molecule has 2 rings (SSSR count). The summed E-state index contributed by atoms with van der Waals surface area (Å²) in [5, 5.41) is 3.90. The predicted molar refractivity (Wildman–Crippen MR) is 65.2 cm³/mol. The molecule has 0 saturated carbocycles. The van der Waals surface area contributed by atoms with Crippen LogP contribution in [0.1, 0.15) is 16.1 Å². The molecule has 18 heavy (non-hydrogen) atoms. The summed E-state index contributed by atoms with van der Waals surface area (Å²) >= 11 is 0. The molecule has 5 nitrogen and oxygen atoms in total. The Balaban J connectivity index is 2.62. The highest BCUT2D eigenvalue weighted by Crippen LogP contribution is 2.34. The third-order valence-corrected chi connectivity index (χ3v) is 2.59. The first-order valence-electron chi connectivity index (χ1n) is 5.34. The van der Waals surface area contributed by atoms with E-state index in [1.165, 1.54) is 14.2 Å². The van der Waals surface area contributed by atoms with Crippen molar-refractivity contribution in [2.45, 2.75) is 6.92 Å². The molecular weight excluding hydrogens is 234 g/mol. The Hall–Kier alpha value is -2.30. The lowest BCUT2D eigenvalue weighted by Gasteiger charge is -2.10. The fourth-order valence-corrected chi connectivity index (χ4v) is 1.71. The zero-order valence-electron chi connectivity index (χ0n) is 10.4. The van der Waals surface area contributed by atoms with Gasteiger partial charge in [-0.25, -0.2) is 0 Å². The maximum Gasteiger partial charge on any atom is 0.161 e. The minimum Gasteiger partial charge on any atom is -0.493 e. The first kappa shape index (κ1) is 12.2. The van der Waals surface area contributed by atoms with Gasteiger partial charge in [0.25, 0.3) is 0 Å². The summed E-state index contributed by atoms with van der Waals surface area (Å²) in [6.07, 6.45) is 0.751. The molecule has 1 heterocycles. The van der Waals surface area contributed by atoms with Crippen LogP contribution >= 0.6 is 0 Å². The fourth-order valence-electron chi connectivity index (χ4n) is 1.71. The van der Waals surface area contributed by atoms with Gasteiger partial charge >= 0.3 is 0 Å². The fraction of sp³-hybridized carbons (Fsp3) is 0.231. The van der Waals surface area contributed by atoms with Crippen molar-refractivity contribution < 1.29 is 18.8 Å². The third-order valence-electron chi connectivity index (χ3n) is 2.59. The largest absolute Gasteiger partial charge is 0.493 e. The van der Waals surface area contributed by atoms with E-state index in [0.29, 0.717) is 34.1 Å². The van der Waals surface area contributed by atoms with Crippen LogP contribution in [0.4, 0.5) is 0 Å². The lowest BCUT2D eigenvalue weighted by atomic mass is 10.0. The maximum absolute atomic E-state index is 11.1. The van der Waals surface area contributed by atoms with E-state index in [1.807, 2.05) is 0 Å². The van der Waals surface area contributed by atoms with Gasteiger partial charge in [-0.1, -0.05) is 5.16 Å². The molecular formula is C13H13NO4. The topological polar surface area (TPSA) is 61.6 Å². The van der Waals surface area contributed by atoms with E-state index in [9.17, 15) is 4.79 Å². The average molecular weight is 247 g/mol. The van der Waals surface area contributed by atoms with Gasteiger partial charge in [0.15, 0.2) is 17.8 Å². The molecule has 5 heteroatoms. The molecule has 0 N–H and O–H groups in total. The second-order valence-electron chi connectivity index (χ2n) is 3.74. The zero-order chi connectivity index (χ0) is 13.1. The number of hydrogen-bond donors (Lipinski definition) is 0. The summed E-state index contributed by atoms with van der Waals surface area (Å²) in [6, 6.07) is 5.08. The number of aromatic nitrogens is 1. The Morgan fingerprint density at radius 3 is 2.33 bits per heavy atom. The molecule has 0 aliphatic carbocycles. The predicted octanol–water partition coefficient (Wildman–Crippen LogP) is 2.48. The first-order valence-corrected chi connectivity index (χ1v) is 5.34. The molecule has 0 bridgehead atoms. The van der Waals surface area contributed by atoms with Crippen LogP contribution in [0.25, 0.3) is 11.3 Å². The Morgan fingerprint density at radius 2 is 1.83 bits per heavy atom. The van der Waals surface area contributed by atoms with Gasteiger partial charge in [-0.15, -0.1) is 0 Å². The number of benzene rings is 1. The summed E-state index contributed by atoms with van der Waals surface area (Å²) in [4.78, 5) is 11.1.